The number of halogens is 1. The Hall–Kier alpha value is -0.620. The van der Waals surface area contributed by atoms with Crippen molar-refractivity contribution in [2.45, 2.75) is 39.1 Å². The van der Waals surface area contributed by atoms with E-state index in [4.69, 9.17) is 17.3 Å². The van der Waals surface area contributed by atoms with Gasteiger partial charge in [0, 0.05) is 13.1 Å². The van der Waals surface area contributed by atoms with Crippen molar-refractivity contribution in [3.8, 4) is 0 Å². The first kappa shape index (κ1) is 18.4. The predicted molar refractivity (Wildman–Crippen MR) is 87.7 cm³/mol. The average Bonchev–Trinajstić information content (AvgIpc) is 2.38. The number of rotatable bonds is 7. The average molecular weight is 333 g/mol. The van der Waals surface area contributed by atoms with Gasteiger partial charge in [0.25, 0.3) is 0 Å². The smallest absolute Gasteiger partial charge is 0.242 e. The van der Waals surface area contributed by atoms with Gasteiger partial charge in [-0.1, -0.05) is 45.4 Å². The molecule has 0 aliphatic carbocycles. The molecule has 0 bridgehead atoms. The molecule has 0 aromatic heterocycles. The lowest BCUT2D eigenvalue weighted by Gasteiger charge is -2.25. The highest BCUT2D eigenvalue weighted by atomic mass is 35.5. The Morgan fingerprint density at radius 1 is 1.19 bits per heavy atom. The summed E-state index contributed by atoms with van der Waals surface area (Å²) in [6.07, 6.45) is 0. The first-order chi connectivity index (χ1) is 9.69. The van der Waals surface area contributed by atoms with Gasteiger partial charge in [-0.05, 0) is 35.4 Å². The molecular weight excluding hydrogens is 308 g/mol. The second kappa shape index (κ2) is 7.58. The third-order valence-electron chi connectivity index (χ3n) is 3.74. The first-order valence-corrected chi connectivity index (χ1v) is 9.03. The molecule has 120 valence electrons. The molecule has 4 nitrogen and oxygen atoms in total. The van der Waals surface area contributed by atoms with Crippen LogP contribution in [0.3, 0.4) is 0 Å². The number of nitrogens with two attached hydrogens (primary N) is 1. The molecule has 0 saturated heterocycles. The highest BCUT2D eigenvalue weighted by Crippen LogP contribution is 2.24. The van der Waals surface area contributed by atoms with Crippen LogP contribution in [0, 0.1) is 17.8 Å². The van der Waals surface area contributed by atoms with E-state index in [0.717, 1.165) is 5.56 Å². The van der Waals surface area contributed by atoms with E-state index in [9.17, 15) is 8.42 Å². The third kappa shape index (κ3) is 4.95. The van der Waals surface area contributed by atoms with Gasteiger partial charge in [-0.3, -0.25) is 0 Å². The largest absolute Gasteiger partial charge is 0.326 e. The molecular formula is C15H25ClN2O2S. The van der Waals surface area contributed by atoms with Gasteiger partial charge in [0.15, 0.2) is 0 Å². The van der Waals surface area contributed by atoms with E-state index in [1.165, 1.54) is 6.07 Å². The highest BCUT2D eigenvalue weighted by molar-refractivity contribution is 7.89. The van der Waals surface area contributed by atoms with Crippen LogP contribution in [0.4, 0.5) is 0 Å². The Bertz CT molecular complexity index is 563. The number of nitrogens with one attached hydrogen (secondary N) is 1. The van der Waals surface area contributed by atoms with Crippen molar-refractivity contribution in [1.82, 2.24) is 4.72 Å². The topological polar surface area (TPSA) is 72.2 Å². The molecule has 1 rings (SSSR count). The molecule has 0 spiro atoms. The van der Waals surface area contributed by atoms with E-state index in [-0.39, 0.29) is 22.4 Å². The zero-order chi connectivity index (χ0) is 16.2. The molecule has 21 heavy (non-hydrogen) atoms. The van der Waals surface area contributed by atoms with Crippen molar-refractivity contribution in [3.63, 3.8) is 0 Å². The fraction of sp³-hybridized carbons (Fsp3) is 0.600. The molecule has 6 heteroatoms. The normalized spacial score (nSPS) is 12.6. The second-order valence-corrected chi connectivity index (χ2v) is 8.12. The summed E-state index contributed by atoms with van der Waals surface area (Å²) in [6, 6.07) is 4.83. The zero-order valence-electron chi connectivity index (χ0n) is 13.1. The quantitative estimate of drug-likeness (QED) is 0.806. The second-order valence-electron chi connectivity index (χ2n) is 5.97. The molecule has 0 atom stereocenters. The van der Waals surface area contributed by atoms with E-state index >= 15 is 0 Å². The van der Waals surface area contributed by atoms with E-state index < -0.39 is 10.0 Å². The zero-order valence-corrected chi connectivity index (χ0v) is 14.6. The molecule has 0 heterocycles. The monoisotopic (exact) mass is 332 g/mol. The van der Waals surface area contributed by atoms with Crippen LogP contribution in [0.25, 0.3) is 0 Å². The highest BCUT2D eigenvalue weighted by Gasteiger charge is 2.23. The van der Waals surface area contributed by atoms with Crippen molar-refractivity contribution in [2.24, 2.45) is 23.5 Å². The molecule has 0 aliphatic rings. The van der Waals surface area contributed by atoms with Crippen LogP contribution in [0.5, 0.6) is 0 Å². The summed E-state index contributed by atoms with van der Waals surface area (Å²) in [6.45, 7) is 9.07. The summed E-state index contributed by atoms with van der Waals surface area (Å²) in [5, 5.41) is 0.213. The van der Waals surface area contributed by atoms with Gasteiger partial charge in [0.05, 0.1) is 5.02 Å². The summed E-state index contributed by atoms with van der Waals surface area (Å²) in [5.41, 5.74) is 6.30. The Morgan fingerprint density at radius 3 is 2.24 bits per heavy atom. The standard InChI is InChI=1S/C15H25ClN2O2S/c1-10(2)13(11(3)4)9-18-21(19,20)15-7-12(8-17)5-6-14(15)16/h5-7,10-11,13,18H,8-9,17H2,1-4H3. The molecule has 3 N–H and O–H groups in total. The number of benzene rings is 1. The van der Waals surface area contributed by atoms with Gasteiger partial charge >= 0.3 is 0 Å². The summed E-state index contributed by atoms with van der Waals surface area (Å²) in [7, 11) is -3.62. The molecule has 1 aromatic rings. The van der Waals surface area contributed by atoms with Gasteiger partial charge in [-0.2, -0.15) is 0 Å². The van der Waals surface area contributed by atoms with Crippen molar-refractivity contribution < 1.29 is 8.42 Å². The maximum absolute atomic E-state index is 12.4. The van der Waals surface area contributed by atoms with Crippen LogP contribution in [0.15, 0.2) is 23.1 Å². The van der Waals surface area contributed by atoms with Crippen molar-refractivity contribution >= 4 is 21.6 Å². The predicted octanol–water partition coefficient (Wildman–Crippen LogP) is 3.01. The van der Waals surface area contributed by atoms with E-state index in [1.54, 1.807) is 12.1 Å². The lowest BCUT2D eigenvalue weighted by molar-refractivity contribution is 0.289. The van der Waals surface area contributed by atoms with Crippen molar-refractivity contribution in [2.75, 3.05) is 6.54 Å². The van der Waals surface area contributed by atoms with Crippen LogP contribution in [-0.4, -0.2) is 15.0 Å². The fourth-order valence-corrected chi connectivity index (χ4v) is 4.03. The van der Waals surface area contributed by atoms with Gasteiger partial charge in [0.2, 0.25) is 10.0 Å². The summed E-state index contributed by atoms with van der Waals surface area (Å²) < 4.78 is 27.5. The molecule has 0 aliphatic heterocycles. The summed E-state index contributed by atoms with van der Waals surface area (Å²) in [4.78, 5) is 0.0957. The molecule has 1 aromatic carbocycles. The van der Waals surface area contributed by atoms with Gasteiger partial charge in [0.1, 0.15) is 4.90 Å². The SMILES string of the molecule is CC(C)C(CNS(=O)(=O)c1cc(CN)ccc1Cl)C(C)C. The van der Waals surface area contributed by atoms with Crippen LogP contribution in [-0.2, 0) is 16.6 Å². The van der Waals surface area contributed by atoms with Gasteiger partial charge in [-0.25, -0.2) is 13.1 Å². The number of sulfonamides is 1. The number of hydrogen-bond acceptors (Lipinski definition) is 3. The number of hydrogen-bond donors (Lipinski definition) is 2. The van der Waals surface area contributed by atoms with E-state index in [2.05, 4.69) is 32.4 Å². The maximum Gasteiger partial charge on any atom is 0.242 e. The Labute approximate surface area is 133 Å². The minimum Gasteiger partial charge on any atom is -0.326 e. The lowest BCUT2D eigenvalue weighted by Crippen LogP contribution is -2.34. The van der Waals surface area contributed by atoms with Gasteiger partial charge in [-0.15, -0.1) is 0 Å². The Kier molecular flexibility index (Phi) is 6.66. The van der Waals surface area contributed by atoms with E-state index in [1.807, 2.05) is 0 Å². The minimum atomic E-state index is -3.62. The third-order valence-corrected chi connectivity index (χ3v) is 5.65. The Balaban J connectivity index is 2.96. The summed E-state index contributed by atoms with van der Waals surface area (Å²) >= 11 is 6.02. The summed E-state index contributed by atoms with van der Waals surface area (Å²) in [5.74, 6) is 1.08. The molecule has 0 radical (unpaired) electrons. The van der Waals surface area contributed by atoms with Crippen LogP contribution >= 0.6 is 11.6 Å². The molecule has 0 saturated carbocycles. The lowest BCUT2D eigenvalue weighted by atomic mass is 9.86. The minimum absolute atomic E-state index is 0.0957. The van der Waals surface area contributed by atoms with Crippen LogP contribution < -0.4 is 10.5 Å². The molecule has 0 unspecified atom stereocenters. The van der Waals surface area contributed by atoms with Crippen molar-refractivity contribution in [1.29, 1.82) is 0 Å². The van der Waals surface area contributed by atoms with Crippen LogP contribution in [0.1, 0.15) is 33.3 Å². The Morgan fingerprint density at radius 2 is 1.76 bits per heavy atom. The maximum atomic E-state index is 12.4. The van der Waals surface area contributed by atoms with Crippen LogP contribution in [0.2, 0.25) is 5.02 Å². The van der Waals surface area contributed by atoms with Crippen molar-refractivity contribution in [3.05, 3.63) is 28.8 Å². The van der Waals surface area contributed by atoms with E-state index in [0.29, 0.717) is 18.4 Å². The fourth-order valence-electron chi connectivity index (χ4n) is 2.41. The van der Waals surface area contributed by atoms with Gasteiger partial charge < -0.3 is 5.73 Å². The molecule has 0 amide bonds. The molecule has 0 fully saturated rings. The first-order valence-electron chi connectivity index (χ1n) is 7.17.